The van der Waals surface area contributed by atoms with Crippen LogP contribution in [0.25, 0.3) is 0 Å². The number of unbranched alkanes of at least 4 members (excludes halogenated alkanes) is 1. The number of hydrogen-bond donors (Lipinski definition) is 4. The molecule has 0 fully saturated rings. The molecule has 1 heterocycles. The van der Waals surface area contributed by atoms with Crippen molar-refractivity contribution in [2.75, 3.05) is 0 Å². The average molecular weight is 243 g/mol. The molecule has 0 saturated carbocycles. The molecule has 0 aromatic carbocycles. The Balaban J connectivity index is 2.58. The largest absolute Gasteiger partial charge is 0.481 e. The first kappa shape index (κ1) is 13.1. The first-order valence-electron chi connectivity index (χ1n) is 5.00. The van der Waals surface area contributed by atoms with Crippen molar-refractivity contribution in [3.8, 4) is 0 Å². The van der Waals surface area contributed by atoms with Crippen LogP contribution in [0.5, 0.6) is 0 Å². The first-order chi connectivity index (χ1) is 7.86. The number of amides is 2. The highest BCUT2D eigenvalue weighted by Crippen LogP contribution is 2.19. The second-order valence-corrected chi connectivity index (χ2v) is 3.72. The molecular formula is C9H13N3O5. The quantitative estimate of drug-likeness (QED) is 0.336. The minimum absolute atomic E-state index is 0.0860. The Morgan fingerprint density at radius 2 is 2.06 bits per heavy atom. The number of carbonyl (C=O) groups is 3. The van der Waals surface area contributed by atoms with Crippen LogP contribution in [0.4, 0.5) is 0 Å². The molecule has 0 radical (unpaired) electrons. The molecule has 1 unspecified atom stereocenters. The van der Waals surface area contributed by atoms with Crippen LogP contribution >= 0.6 is 0 Å². The second kappa shape index (κ2) is 4.91. The van der Waals surface area contributed by atoms with Gasteiger partial charge in [0.25, 0.3) is 11.8 Å². The summed E-state index contributed by atoms with van der Waals surface area (Å²) in [5, 5.41) is 20.3. The van der Waals surface area contributed by atoms with Gasteiger partial charge in [-0.25, -0.2) is 0 Å². The van der Waals surface area contributed by atoms with Gasteiger partial charge in [-0.3, -0.25) is 19.7 Å². The highest BCUT2D eigenvalue weighted by atomic mass is 16.4. The number of aliphatic imine (C=N–C) groups is 1. The van der Waals surface area contributed by atoms with Crippen LogP contribution in [-0.2, 0) is 14.4 Å². The molecule has 0 aliphatic carbocycles. The lowest BCUT2D eigenvalue weighted by molar-refractivity contribution is -0.152. The van der Waals surface area contributed by atoms with Crippen molar-refractivity contribution in [1.82, 2.24) is 5.32 Å². The van der Waals surface area contributed by atoms with Gasteiger partial charge in [-0.15, -0.1) is 0 Å². The zero-order valence-electron chi connectivity index (χ0n) is 8.97. The third kappa shape index (κ3) is 3.00. The lowest BCUT2D eigenvalue weighted by Crippen LogP contribution is -2.59. The summed E-state index contributed by atoms with van der Waals surface area (Å²) in [5.74, 6) is -3.27. The number of carboxylic acid groups (broad SMARTS) is 1. The van der Waals surface area contributed by atoms with Gasteiger partial charge in [0.2, 0.25) is 11.6 Å². The van der Waals surface area contributed by atoms with E-state index in [0.29, 0.717) is 0 Å². The Morgan fingerprint density at radius 1 is 1.41 bits per heavy atom. The fourth-order valence-electron chi connectivity index (χ4n) is 1.42. The number of hydrogen-bond acceptors (Lipinski definition) is 5. The monoisotopic (exact) mass is 243 g/mol. The zero-order valence-corrected chi connectivity index (χ0v) is 8.97. The van der Waals surface area contributed by atoms with Crippen molar-refractivity contribution in [2.24, 2.45) is 10.7 Å². The smallest absolute Gasteiger partial charge is 0.303 e. The number of aliphatic hydroxyl groups is 1. The third-order valence-electron chi connectivity index (χ3n) is 2.37. The van der Waals surface area contributed by atoms with Gasteiger partial charge >= 0.3 is 5.97 Å². The number of carboxylic acids is 1. The number of nitrogens with zero attached hydrogens (tertiary/aromatic N) is 1. The van der Waals surface area contributed by atoms with E-state index in [9.17, 15) is 19.5 Å². The Bertz CT molecular complexity index is 392. The van der Waals surface area contributed by atoms with Gasteiger partial charge in [0, 0.05) is 6.42 Å². The van der Waals surface area contributed by atoms with Gasteiger partial charge in [-0.05, 0) is 19.3 Å². The predicted octanol–water partition coefficient (Wildman–Crippen LogP) is -1.67. The maximum absolute atomic E-state index is 11.4. The normalized spacial score (nSPS) is 24.2. The number of nitrogens with two attached hydrogens (primary N) is 1. The Morgan fingerprint density at radius 3 is 2.59 bits per heavy atom. The molecular weight excluding hydrogens is 230 g/mol. The van der Waals surface area contributed by atoms with E-state index in [-0.39, 0.29) is 31.6 Å². The number of rotatable bonds is 5. The summed E-state index contributed by atoms with van der Waals surface area (Å²) < 4.78 is 0. The molecule has 0 aromatic rings. The fraction of sp³-hybridized carbons (Fsp3) is 0.556. The van der Waals surface area contributed by atoms with Crippen LogP contribution in [0.1, 0.15) is 25.7 Å². The molecule has 8 nitrogen and oxygen atoms in total. The lowest BCUT2D eigenvalue weighted by Gasteiger charge is -2.26. The number of aliphatic carboxylic acids is 1. The van der Waals surface area contributed by atoms with Crippen molar-refractivity contribution in [3.63, 3.8) is 0 Å². The number of guanidine groups is 1. The van der Waals surface area contributed by atoms with E-state index < -0.39 is 23.4 Å². The summed E-state index contributed by atoms with van der Waals surface area (Å²) in [7, 11) is 0. The molecule has 1 aliphatic heterocycles. The molecule has 8 heteroatoms. The van der Waals surface area contributed by atoms with Crippen LogP contribution in [-0.4, -0.2) is 39.6 Å². The van der Waals surface area contributed by atoms with Crippen LogP contribution in [0, 0.1) is 0 Å². The van der Waals surface area contributed by atoms with Crippen molar-refractivity contribution in [1.29, 1.82) is 0 Å². The molecule has 2 amide bonds. The van der Waals surface area contributed by atoms with Crippen LogP contribution in [0.2, 0.25) is 0 Å². The molecule has 17 heavy (non-hydrogen) atoms. The third-order valence-corrected chi connectivity index (χ3v) is 2.37. The fourth-order valence-corrected chi connectivity index (χ4v) is 1.42. The van der Waals surface area contributed by atoms with Crippen molar-refractivity contribution >= 4 is 23.7 Å². The van der Waals surface area contributed by atoms with Gasteiger partial charge in [-0.2, -0.15) is 4.99 Å². The van der Waals surface area contributed by atoms with Crippen molar-refractivity contribution in [3.05, 3.63) is 0 Å². The SMILES string of the molecule is NC1=NC(=O)C(O)(CCCCC(=O)O)C(=O)N1. The Labute approximate surface area is 96.5 Å². The summed E-state index contributed by atoms with van der Waals surface area (Å²) in [6.45, 7) is 0. The number of carbonyl (C=O) groups excluding carboxylic acids is 2. The molecule has 1 rings (SSSR count). The van der Waals surface area contributed by atoms with Gasteiger partial charge in [-0.1, -0.05) is 0 Å². The van der Waals surface area contributed by atoms with Gasteiger partial charge in [0.05, 0.1) is 0 Å². The standard InChI is InChI=1S/C9H13N3O5/c10-8-11-6(15)9(17,7(16)12-8)4-2-1-3-5(13)14/h17H,1-4H2,(H,13,14)(H3,10,11,12,15,16). The molecule has 0 spiro atoms. The molecule has 0 aromatic heterocycles. The van der Waals surface area contributed by atoms with E-state index in [4.69, 9.17) is 10.8 Å². The minimum Gasteiger partial charge on any atom is -0.481 e. The molecule has 94 valence electrons. The highest BCUT2D eigenvalue weighted by Gasteiger charge is 2.46. The van der Waals surface area contributed by atoms with E-state index in [0.717, 1.165) is 0 Å². The predicted molar refractivity (Wildman–Crippen MR) is 55.8 cm³/mol. The van der Waals surface area contributed by atoms with Gasteiger partial charge in [0.15, 0.2) is 0 Å². The summed E-state index contributed by atoms with van der Waals surface area (Å²) >= 11 is 0. The van der Waals surface area contributed by atoms with E-state index in [1.54, 1.807) is 0 Å². The first-order valence-corrected chi connectivity index (χ1v) is 5.00. The topological polar surface area (TPSA) is 142 Å². The summed E-state index contributed by atoms with van der Waals surface area (Å²) in [6.07, 6.45) is 0.216. The number of nitrogens with one attached hydrogen (secondary N) is 1. The van der Waals surface area contributed by atoms with Crippen molar-refractivity contribution < 1.29 is 24.6 Å². The summed E-state index contributed by atoms with van der Waals surface area (Å²) in [4.78, 5) is 36.3. The van der Waals surface area contributed by atoms with Crippen LogP contribution in [0.3, 0.4) is 0 Å². The maximum atomic E-state index is 11.4. The maximum Gasteiger partial charge on any atom is 0.303 e. The van der Waals surface area contributed by atoms with E-state index in [1.807, 2.05) is 0 Å². The van der Waals surface area contributed by atoms with E-state index in [1.165, 1.54) is 0 Å². The van der Waals surface area contributed by atoms with E-state index >= 15 is 0 Å². The molecule has 1 atom stereocenters. The molecule has 1 aliphatic rings. The lowest BCUT2D eigenvalue weighted by atomic mass is 9.93. The van der Waals surface area contributed by atoms with E-state index in [2.05, 4.69) is 10.3 Å². The Hall–Kier alpha value is -1.96. The second-order valence-electron chi connectivity index (χ2n) is 3.72. The molecule has 5 N–H and O–H groups in total. The van der Waals surface area contributed by atoms with Crippen molar-refractivity contribution in [2.45, 2.75) is 31.3 Å². The zero-order chi connectivity index (χ0) is 13.1. The highest BCUT2D eigenvalue weighted by molar-refractivity contribution is 6.20. The van der Waals surface area contributed by atoms with Gasteiger partial charge in [0.1, 0.15) is 0 Å². The molecule has 0 saturated heterocycles. The van der Waals surface area contributed by atoms with Crippen LogP contribution < -0.4 is 11.1 Å². The Kier molecular flexibility index (Phi) is 3.79. The average Bonchev–Trinajstić information content (AvgIpc) is 2.21. The van der Waals surface area contributed by atoms with Gasteiger partial charge < -0.3 is 15.9 Å². The summed E-state index contributed by atoms with van der Waals surface area (Å²) in [5.41, 5.74) is 2.90. The molecule has 0 bridgehead atoms. The van der Waals surface area contributed by atoms with Crippen LogP contribution in [0.15, 0.2) is 4.99 Å². The summed E-state index contributed by atoms with van der Waals surface area (Å²) in [6, 6.07) is 0. The minimum atomic E-state index is -2.23.